The van der Waals surface area contributed by atoms with Crippen LogP contribution in [0.5, 0.6) is 0 Å². The van der Waals surface area contributed by atoms with Crippen LogP contribution < -0.4 is 10.6 Å². The minimum absolute atomic E-state index is 0.106. The number of halogens is 1. The van der Waals surface area contributed by atoms with E-state index in [9.17, 15) is 9.59 Å². The molecule has 142 valence electrons. The van der Waals surface area contributed by atoms with Crippen molar-refractivity contribution in [3.05, 3.63) is 28.8 Å². The fourth-order valence-corrected chi connectivity index (χ4v) is 4.07. The van der Waals surface area contributed by atoms with Gasteiger partial charge in [-0.3, -0.25) is 9.69 Å². The van der Waals surface area contributed by atoms with E-state index in [2.05, 4.69) is 22.6 Å². The highest BCUT2D eigenvalue weighted by atomic mass is 35.5. The average Bonchev–Trinajstić information content (AvgIpc) is 2.85. The molecule has 2 fully saturated rings. The number of urea groups is 1. The molecule has 2 N–H and O–H groups in total. The normalized spacial score (nSPS) is 22.8. The number of hydrogen-bond acceptors (Lipinski definition) is 3. The second kappa shape index (κ2) is 8.27. The Morgan fingerprint density at radius 2 is 2.00 bits per heavy atom. The Kier molecular flexibility index (Phi) is 6.04. The van der Waals surface area contributed by atoms with Gasteiger partial charge in [0.25, 0.3) is 5.91 Å². The first kappa shape index (κ1) is 19.0. The fraction of sp³-hybridized carbons (Fsp3) is 0.579. The first-order valence-corrected chi connectivity index (χ1v) is 9.73. The number of likely N-dealkylation sites (N-methyl/N-ethyl adjacent to an activating group) is 1. The summed E-state index contributed by atoms with van der Waals surface area (Å²) in [6.45, 7) is 4.12. The van der Waals surface area contributed by atoms with Gasteiger partial charge in [-0.2, -0.15) is 0 Å². The number of nitrogens with zero attached hydrogens (tertiary/aromatic N) is 2. The van der Waals surface area contributed by atoms with Gasteiger partial charge >= 0.3 is 6.03 Å². The van der Waals surface area contributed by atoms with Crippen LogP contribution in [-0.2, 0) is 0 Å². The molecule has 2 bridgehead atoms. The monoisotopic (exact) mass is 378 g/mol. The average molecular weight is 379 g/mol. The predicted octanol–water partition coefficient (Wildman–Crippen LogP) is 3.18. The molecule has 2 heterocycles. The van der Waals surface area contributed by atoms with Crippen molar-refractivity contribution in [1.29, 1.82) is 0 Å². The van der Waals surface area contributed by atoms with Crippen molar-refractivity contribution in [2.45, 2.75) is 44.7 Å². The number of nitrogens with one attached hydrogen (secondary N) is 2. The summed E-state index contributed by atoms with van der Waals surface area (Å²) in [4.78, 5) is 29.0. The number of carbonyl (C=O) groups excluding carboxylic acids is 2. The highest BCUT2D eigenvalue weighted by molar-refractivity contribution is 6.34. The molecule has 0 aromatic heterocycles. The van der Waals surface area contributed by atoms with Crippen LogP contribution in [0.15, 0.2) is 18.2 Å². The van der Waals surface area contributed by atoms with Crippen molar-refractivity contribution in [1.82, 2.24) is 15.1 Å². The van der Waals surface area contributed by atoms with E-state index < -0.39 is 0 Å². The van der Waals surface area contributed by atoms with Crippen molar-refractivity contribution in [2.24, 2.45) is 0 Å². The number of carbonyl (C=O) groups is 2. The lowest BCUT2D eigenvalue weighted by molar-refractivity contribution is 0.0954. The van der Waals surface area contributed by atoms with Gasteiger partial charge in [-0.15, -0.1) is 0 Å². The topological polar surface area (TPSA) is 64.7 Å². The molecule has 2 atom stereocenters. The summed E-state index contributed by atoms with van der Waals surface area (Å²) in [5.74, 6) is -0.193. The van der Waals surface area contributed by atoms with Gasteiger partial charge in [-0.1, -0.05) is 18.5 Å². The molecule has 0 saturated carbocycles. The van der Waals surface area contributed by atoms with Gasteiger partial charge < -0.3 is 15.5 Å². The van der Waals surface area contributed by atoms with Gasteiger partial charge in [-0.25, -0.2) is 4.79 Å². The van der Waals surface area contributed by atoms with Gasteiger partial charge in [0.1, 0.15) is 0 Å². The van der Waals surface area contributed by atoms with Crippen molar-refractivity contribution in [2.75, 3.05) is 32.0 Å². The first-order chi connectivity index (χ1) is 12.5. The largest absolute Gasteiger partial charge is 0.352 e. The molecule has 26 heavy (non-hydrogen) atoms. The summed E-state index contributed by atoms with van der Waals surface area (Å²) in [5, 5.41) is 6.06. The molecule has 2 saturated heterocycles. The molecule has 2 aliphatic rings. The summed E-state index contributed by atoms with van der Waals surface area (Å²) in [5.41, 5.74) is 1.03. The molecule has 7 heteroatoms. The first-order valence-electron chi connectivity index (χ1n) is 9.35. The Bertz CT molecular complexity index is 682. The van der Waals surface area contributed by atoms with Crippen LogP contribution in [0.2, 0.25) is 5.02 Å². The molecule has 0 radical (unpaired) electrons. The molecule has 1 aromatic rings. The summed E-state index contributed by atoms with van der Waals surface area (Å²) in [7, 11) is 2.16. The van der Waals surface area contributed by atoms with Gasteiger partial charge in [0.2, 0.25) is 0 Å². The van der Waals surface area contributed by atoms with E-state index in [1.165, 1.54) is 6.42 Å². The van der Waals surface area contributed by atoms with Gasteiger partial charge in [0.15, 0.2) is 0 Å². The molecule has 0 spiro atoms. The zero-order chi connectivity index (χ0) is 18.7. The second-order valence-corrected chi connectivity index (χ2v) is 7.57. The lowest BCUT2D eigenvalue weighted by atomic mass is 10.1. The van der Waals surface area contributed by atoms with Crippen molar-refractivity contribution < 1.29 is 9.59 Å². The highest BCUT2D eigenvalue weighted by Crippen LogP contribution is 2.29. The van der Waals surface area contributed by atoms with Gasteiger partial charge in [0.05, 0.1) is 10.6 Å². The third-order valence-corrected chi connectivity index (χ3v) is 5.75. The minimum atomic E-state index is -0.193. The van der Waals surface area contributed by atoms with E-state index in [-0.39, 0.29) is 11.9 Å². The van der Waals surface area contributed by atoms with Crippen molar-refractivity contribution in [3.8, 4) is 0 Å². The summed E-state index contributed by atoms with van der Waals surface area (Å²) >= 11 is 6.24. The molecule has 6 nitrogen and oxygen atoms in total. The summed E-state index contributed by atoms with van der Waals surface area (Å²) in [6, 6.07) is 5.94. The van der Waals surface area contributed by atoms with Crippen LogP contribution >= 0.6 is 11.6 Å². The van der Waals surface area contributed by atoms with Crippen LogP contribution in [0.25, 0.3) is 0 Å². The maximum Gasteiger partial charge on any atom is 0.321 e. The smallest absolute Gasteiger partial charge is 0.321 e. The molecule has 0 unspecified atom stereocenters. The Morgan fingerprint density at radius 3 is 2.73 bits per heavy atom. The molecule has 1 aromatic carbocycles. The highest BCUT2D eigenvalue weighted by Gasteiger charge is 2.35. The standard InChI is InChI=1S/C19H27ClN4O2/c1-3-9-21-18(25)16-7-4-13(11-17(16)20)22-19(26)24-10-8-14-5-6-15(12-24)23(14)2/h4,7,11,14-15H,3,5-6,8-10,12H2,1-2H3,(H,21,25)(H,22,26)/t14-,15+/m0/s1. The molecule has 2 aliphatic heterocycles. The molecular formula is C19H27ClN4O2. The quantitative estimate of drug-likeness (QED) is 0.845. The molecule has 3 rings (SSSR count). The third kappa shape index (κ3) is 4.13. The summed E-state index contributed by atoms with van der Waals surface area (Å²) in [6.07, 6.45) is 4.26. The van der Waals surface area contributed by atoms with Crippen LogP contribution in [-0.4, -0.2) is 60.5 Å². The van der Waals surface area contributed by atoms with E-state index in [1.54, 1.807) is 18.2 Å². The Labute approximate surface area is 159 Å². The van der Waals surface area contributed by atoms with Crippen molar-refractivity contribution in [3.63, 3.8) is 0 Å². The predicted molar refractivity (Wildman–Crippen MR) is 104 cm³/mol. The Hall–Kier alpha value is -1.79. The Balaban J connectivity index is 1.62. The van der Waals surface area contributed by atoms with Gasteiger partial charge in [0, 0.05) is 37.4 Å². The number of likely N-dealkylation sites (tertiary alicyclic amines) is 1. The molecule has 0 aliphatic carbocycles. The van der Waals surface area contributed by atoms with E-state index in [4.69, 9.17) is 11.6 Å². The maximum atomic E-state index is 12.6. The third-order valence-electron chi connectivity index (χ3n) is 5.44. The van der Waals surface area contributed by atoms with E-state index >= 15 is 0 Å². The zero-order valence-corrected chi connectivity index (χ0v) is 16.2. The van der Waals surface area contributed by atoms with Gasteiger partial charge in [-0.05, 0) is 50.9 Å². The molecule has 3 amide bonds. The fourth-order valence-electron chi connectivity index (χ4n) is 3.81. The maximum absolute atomic E-state index is 12.6. The molecular weight excluding hydrogens is 352 g/mol. The lowest BCUT2D eigenvalue weighted by Gasteiger charge is -2.26. The van der Waals surface area contributed by atoms with E-state index in [1.807, 2.05) is 11.8 Å². The minimum Gasteiger partial charge on any atom is -0.352 e. The lowest BCUT2D eigenvalue weighted by Crippen LogP contribution is -2.41. The summed E-state index contributed by atoms with van der Waals surface area (Å²) < 4.78 is 0. The number of hydrogen-bond donors (Lipinski definition) is 2. The SMILES string of the molecule is CCCNC(=O)c1ccc(NC(=O)N2CC[C@@H]3CC[C@H](C2)N3C)cc1Cl. The second-order valence-electron chi connectivity index (χ2n) is 7.17. The number of benzene rings is 1. The van der Waals surface area contributed by atoms with Crippen LogP contribution in [0.3, 0.4) is 0 Å². The number of rotatable bonds is 4. The van der Waals surface area contributed by atoms with Crippen LogP contribution in [0, 0.1) is 0 Å². The van der Waals surface area contributed by atoms with E-state index in [0.29, 0.717) is 34.9 Å². The number of fused-ring (bicyclic) bond motifs is 2. The number of anilines is 1. The Morgan fingerprint density at radius 1 is 1.23 bits per heavy atom. The van der Waals surface area contributed by atoms with Crippen LogP contribution in [0.4, 0.5) is 10.5 Å². The number of amides is 3. The van der Waals surface area contributed by atoms with Crippen LogP contribution in [0.1, 0.15) is 43.0 Å². The van der Waals surface area contributed by atoms with E-state index in [0.717, 1.165) is 32.4 Å². The van der Waals surface area contributed by atoms with Crippen molar-refractivity contribution >= 4 is 29.2 Å². The zero-order valence-electron chi connectivity index (χ0n) is 15.4.